The summed E-state index contributed by atoms with van der Waals surface area (Å²) in [6, 6.07) is 11.2. The molecule has 2 aromatic carbocycles. The molecule has 0 bridgehead atoms. The van der Waals surface area contributed by atoms with Crippen molar-refractivity contribution in [2.75, 3.05) is 23.7 Å². The van der Waals surface area contributed by atoms with Gasteiger partial charge >= 0.3 is 0 Å². The van der Waals surface area contributed by atoms with E-state index in [1.807, 2.05) is 0 Å². The van der Waals surface area contributed by atoms with Crippen LogP contribution in [0.2, 0.25) is 5.02 Å². The average Bonchev–Trinajstić information content (AvgIpc) is 2.84. The predicted molar refractivity (Wildman–Crippen MR) is 143 cm³/mol. The normalized spacial score (nSPS) is 14.8. The van der Waals surface area contributed by atoms with Crippen LogP contribution < -0.4 is 16.0 Å². The zero-order valence-corrected chi connectivity index (χ0v) is 22.1. The Morgan fingerprint density at radius 3 is 2.46 bits per heavy atom. The number of sulfone groups is 1. The minimum absolute atomic E-state index is 0.208. The molecule has 2 heterocycles. The first-order valence-electron chi connectivity index (χ1n) is 11.9. The Kier molecular flexibility index (Phi) is 7.64. The van der Waals surface area contributed by atoms with E-state index in [9.17, 15) is 8.42 Å². The monoisotopic (exact) mass is 513 g/mol. The molecule has 35 heavy (non-hydrogen) atoms. The van der Waals surface area contributed by atoms with Crippen molar-refractivity contribution in [3.8, 4) is 0 Å². The van der Waals surface area contributed by atoms with Gasteiger partial charge in [0.25, 0.3) is 0 Å². The fourth-order valence-electron chi connectivity index (χ4n) is 4.38. The lowest BCUT2D eigenvalue weighted by molar-refractivity contribution is 0.459. The van der Waals surface area contributed by atoms with Crippen molar-refractivity contribution in [3.05, 3.63) is 64.3 Å². The van der Waals surface area contributed by atoms with E-state index in [1.54, 1.807) is 38.1 Å². The molecule has 0 saturated carbocycles. The number of nitrogens with zero attached hydrogens (tertiary/aromatic N) is 2. The highest BCUT2D eigenvalue weighted by molar-refractivity contribution is 7.92. The summed E-state index contributed by atoms with van der Waals surface area (Å²) in [6.45, 7) is 9.65. The number of hydrogen-bond acceptors (Lipinski definition) is 7. The second kappa shape index (κ2) is 10.5. The molecule has 1 saturated heterocycles. The van der Waals surface area contributed by atoms with Gasteiger partial charge in [-0.1, -0.05) is 29.8 Å². The number of benzene rings is 2. The molecule has 1 fully saturated rings. The second-order valence-electron chi connectivity index (χ2n) is 9.28. The lowest BCUT2D eigenvalue weighted by Gasteiger charge is -2.25. The first kappa shape index (κ1) is 25.4. The quantitative estimate of drug-likeness (QED) is 0.363. The maximum atomic E-state index is 12.8. The minimum atomic E-state index is -3.49. The lowest BCUT2D eigenvalue weighted by atomic mass is 9.86. The van der Waals surface area contributed by atoms with Crippen LogP contribution in [0.25, 0.3) is 0 Å². The summed E-state index contributed by atoms with van der Waals surface area (Å²) >= 11 is 6.37. The van der Waals surface area contributed by atoms with Crippen LogP contribution in [0.15, 0.2) is 47.5 Å². The second-order valence-corrected chi connectivity index (χ2v) is 12.2. The third-order valence-corrected chi connectivity index (χ3v) is 8.94. The summed E-state index contributed by atoms with van der Waals surface area (Å²) in [5.41, 5.74) is 5.11. The van der Waals surface area contributed by atoms with Gasteiger partial charge < -0.3 is 16.0 Å². The Bertz CT molecular complexity index is 1320. The first-order chi connectivity index (χ1) is 16.7. The Balaban J connectivity index is 1.60. The summed E-state index contributed by atoms with van der Waals surface area (Å²) in [7, 11) is -3.49. The number of aromatic nitrogens is 2. The average molecular weight is 514 g/mol. The number of anilines is 4. The standard InChI is InChI=1S/C26H32ClN5O2S/c1-16(2)35(33,34)24-8-6-5-7-22(24)30-25-21(27)15-29-26(32-25)31-23-14-17(3)20(13-18(23)4)19-9-11-28-12-10-19/h5-8,13-16,19,28H,9-12H2,1-4H3,(H2,29,30,31,32). The zero-order valence-electron chi connectivity index (χ0n) is 20.5. The summed E-state index contributed by atoms with van der Waals surface area (Å²) in [4.78, 5) is 9.09. The molecule has 3 N–H and O–H groups in total. The molecular weight excluding hydrogens is 482 g/mol. The van der Waals surface area contributed by atoms with Crippen LogP contribution in [-0.4, -0.2) is 36.7 Å². The highest BCUT2D eigenvalue weighted by Crippen LogP contribution is 2.33. The number of para-hydroxylation sites is 1. The number of piperidine rings is 1. The summed E-state index contributed by atoms with van der Waals surface area (Å²) in [5.74, 6) is 1.28. The maximum Gasteiger partial charge on any atom is 0.229 e. The lowest BCUT2D eigenvalue weighted by Crippen LogP contribution is -2.27. The van der Waals surface area contributed by atoms with Crippen LogP contribution in [-0.2, 0) is 9.84 Å². The highest BCUT2D eigenvalue weighted by Gasteiger charge is 2.23. The molecule has 9 heteroatoms. The maximum absolute atomic E-state index is 12.8. The number of hydrogen-bond donors (Lipinski definition) is 3. The Morgan fingerprint density at radius 2 is 1.74 bits per heavy atom. The Hall–Kier alpha value is -2.68. The van der Waals surface area contributed by atoms with Gasteiger partial charge in [-0.15, -0.1) is 0 Å². The van der Waals surface area contributed by atoms with Gasteiger partial charge in [0, 0.05) is 5.69 Å². The van der Waals surface area contributed by atoms with Gasteiger partial charge in [0.05, 0.1) is 22.0 Å². The van der Waals surface area contributed by atoms with Gasteiger partial charge in [-0.05, 0) is 94.4 Å². The predicted octanol–water partition coefficient (Wildman–Crippen LogP) is 5.88. The summed E-state index contributed by atoms with van der Waals surface area (Å²) in [6.07, 6.45) is 3.80. The molecule has 1 aliphatic heterocycles. The third-order valence-electron chi connectivity index (χ3n) is 6.45. The topological polar surface area (TPSA) is 96.0 Å². The molecule has 0 atom stereocenters. The van der Waals surface area contributed by atoms with Gasteiger partial charge in [-0.3, -0.25) is 0 Å². The largest absolute Gasteiger partial charge is 0.338 e. The van der Waals surface area contributed by atoms with E-state index in [1.165, 1.54) is 17.3 Å². The minimum Gasteiger partial charge on any atom is -0.338 e. The summed E-state index contributed by atoms with van der Waals surface area (Å²) in [5, 5.41) is 9.57. The fourth-order valence-corrected chi connectivity index (χ4v) is 5.72. The van der Waals surface area contributed by atoms with Crippen molar-refractivity contribution in [1.29, 1.82) is 0 Å². The van der Waals surface area contributed by atoms with E-state index in [2.05, 4.69) is 51.9 Å². The molecule has 0 unspecified atom stereocenters. The van der Waals surface area contributed by atoms with Gasteiger partial charge in [-0.25, -0.2) is 13.4 Å². The first-order valence-corrected chi connectivity index (χ1v) is 13.8. The van der Waals surface area contributed by atoms with Crippen LogP contribution in [0.5, 0.6) is 0 Å². The van der Waals surface area contributed by atoms with Crippen LogP contribution >= 0.6 is 11.6 Å². The molecule has 7 nitrogen and oxygen atoms in total. The molecule has 4 rings (SSSR count). The number of aryl methyl sites for hydroxylation is 2. The van der Waals surface area contributed by atoms with Crippen molar-refractivity contribution < 1.29 is 8.42 Å². The third kappa shape index (κ3) is 5.60. The molecule has 0 radical (unpaired) electrons. The van der Waals surface area contributed by atoms with E-state index in [4.69, 9.17) is 11.6 Å². The zero-order chi connectivity index (χ0) is 25.2. The van der Waals surface area contributed by atoms with Gasteiger partial charge in [0.2, 0.25) is 5.95 Å². The van der Waals surface area contributed by atoms with Gasteiger partial charge in [0.1, 0.15) is 5.02 Å². The Morgan fingerprint density at radius 1 is 1.03 bits per heavy atom. The van der Waals surface area contributed by atoms with Crippen LogP contribution in [0.3, 0.4) is 0 Å². The van der Waals surface area contributed by atoms with Crippen LogP contribution in [0.4, 0.5) is 23.1 Å². The van der Waals surface area contributed by atoms with Crippen molar-refractivity contribution >= 4 is 44.6 Å². The summed E-state index contributed by atoms with van der Waals surface area (Å²) < 4.78 is 25.7. The number of rotatable bonds is 7. The highest BCUT2D eigenvalue weighted by atomic mass is 35.5. The Labute approximate surface area is 212 Å². The fraction of sp³-hybridized carbons (Fsp3) is 0.385. The molecule has 0 spiro atoms. The van der Waals surface area contributed by atoms with E-state index in [0.29, 0.717) is 28.4 Å². The van der Waals surface area contributed by atoms with Gasteiger partial charge in [-0.2, -0.15) is 4.98 Å². The van der Waals surface area contributed by atoms with Crippen LogP contribution in [0, 0.1) is 13.8 Å². The molecule has 0 aliphatic carbocycles. The number of halogens is 1. The van der Waals surface area contributed by atoms with Crippen molar-refractivity contribution in [2.45, 2.75) is 56.6 Å². The SMILES string of the molecule is Cc1cc(C2CCNCC2)c(C)cc1Nc1ncc(Cl)c(Nc2ccccc2S(=O)(=O)C(C)C)n1. The van der Waals surface area contributed by atoms with E-state index < -0.39 is 15.1 Å². The number of nitrogens with one attached hydrogen (secondary N) is 3. The molecule has 0 amide bonds. The smallest absolute Gasteiger partial charge is 0.229 e. The van der Waals surface area contributed by atoms with Gasteiger partial charge in [0.15, 0.2) is 15.7 Å². The molecule has 1 aliphatic rings. The van der Waals surface area contributed by atoms with Crippen molar-refractivity contribution in [1.82, 2.24) is 15.3 Å². The van der Waals surface area contributed by atoms with E-state index in [-0.39, 0.29) is 4.90 Å². The molecule has 3 aromatic rings. The molecular formula is C26H32ClN5O2S. The van der Waals surface area contributed by atoms with E-state index in [0.717, 1.165) is 37.2 Å². The van der Waals surface area contributed by atoms with Crippen molar-refractivity contribution in [3.63, 3.8) is 0 Å². The van der Waals surface area contributed by atoms with E-state index >= 15 is 0 Å². The van der Waals surface area contributed by atoms with Crippen molar-refractivity contribution in [2.24, 2.45) is 0 Å². The molecule has 1 aromatic heterocycles. The van der Waals surface area contributed by atoms with Crippen LogP contribution in [0.1, 0.15) is 49.3 Å². The molecule has 186 valence electrons.